The monoisotopic (exact) mass is 426 g/mol. The largest absolute Gasteiger partial charge is 0.370 e. The molecule has 0 atom stereocenters. The molecule has 0 heterocycles. The van der Waals surface area contributed by atoms with Gasteiger partial charge in [-0.3, -0.25) is 4.99 Å². The fraction of sp³-hybridized carbons (Fsp3) is 0.462. The van der Waals surface area contributed by atoms with Crippen LogP contribution in [0.5, 0.6) is 0 Å². The van der Waals surface area contributed by atoms with Crippen LogP contribution in [-0.2, 0) is 16.6 Å². The molecule has 21 heavy (non-hydrogen) atoms. The Morgan fingerprint density at radius 3 is 2.48 bits per heavy atom. The molecule has 6 nitrogen and oxygen atoms in total. The molecule has 0 saturated carbocycles. The second-order valence-corrected chi connectivity index (χ2v) is 6.62. The number of benzene rings is 1. The Kier molecular flexibility index (Phi) is 9.54. The van der Waals surface area contributed by atoms with Crippen molar-refractivity contribution in [2.24, 2.45) is 10.7 Å². The molecular formula is C13H23IN4O2S. The molecule has 0 saturated heterocycles. The standard InChI is InChI=1S/C13H22N4O2S.HI/c1-11(2)17-13(14)15-8-9-20(18,19)16-10-12-6-4-3-5-7-12;/h3-7,11,16H,8-10H2,1-2H3,(H3,14,15,17);1H. The van der Waals surface area contributed by atoms with Crippen molar-refractivity contribution in [1.29, 1.82) is 0 Å². The number of rotatable bonds is 7. The summed E-state index contributed by atoms with van der Waals surface area (Å²) in [5.41, 5.74) is 6.51. The first-order chi connectivity index (χ1) is 9.39. The van der Waals surface area contributed by atoms with E-state index in [-0.39, 0.29) is 54.8 Å². The Morgan fingerprint density at radius 1 is 1.29 bits per heavy atom. The molecule has 0 aliphatic carbocycles. The third-order valence-electron chi connectivity index (χ3n) is 2.42. The van der Waals surface area contributed by atoms with Crippen LogP contribution in [0.3, 0.4) is 0 Å². The maximum absolute atomic E-state index is 11.8. The Morgan fingerprint density at radius 2 is 1.90 bits per heavy atom. The molecule has 120 valence electrons. The lowest BCUT2D eigenvalue weighted by atomic mass is 10.2. The number of halogens is 1. The summed E-state index contributed by atoms with van der Waals surface area (Å²) in [5.74, 6) is 0.179. The lowest BCUT2D eigenvalue weighted by Crippen LogP contribution is -2.37. The van der Waals surface area contributed by atoms with Crippen LogP contribution < -0.4 is 15.8 Å². The zero-order valence-electron chi connectivity index (χ0n) is 12.2. The average molecular weight is 426 g/mol. The molecule has 1 rings (SSSR count). The third kappa shape index (κ3) is 9.64. The minimum absolute atomic E-state index is 0. The molecule has 0 radical (unpaired) electrons. The highest BCUT2D eigenvalue weighted by Gasteiger charge is 2.09. The van der Waals surface area contributed by atoms with Gasteiger partial charge in [0.1, 0.15) is 0 Å². The molecule has 0 amide bonds. The van der Waals surface area contributed by atoms with Crippen molar-refractivity contribution in [3.05, 3.63) is 35.9 Å². The number of nitrogens with two attached hydrogens (primary N) is 1. The number of nitrogens with one attached hydrogen (secondary N) is 2. The molecule has 0 spiro atoms. The molecule has 0 unspecified atom stereocenters. The van der Waals surface area contributed by atoms with Gasteiger partial charge < -0.3 is 11.1 Å². The second kappa shape index (κ2) is 9.96. The lowest BCUT2D eigenvalue weighted by molar-refractivity contribution is 0.581. The Bertz CT molecular complexity index is 532. The molecule has 0 aliphatic rings. The number of guanidine groups is 1. The van der Waals surface area contributed by atoms with Gasteiger partial charge in [-0.25, -0.2) is 13.1 Å². The molecule has 4 N–H and O–H groups in total. The summed E-state index contributed by atoms with van der Waals surface area (Å²) in [7, 11) is -3.34. The first kappa shape index (κ1) is 20.1. The highest BCUT2D eigenvalue weighted by molar-refractivity contribution is 14.0. The molecule has 0 aliphatic heterocycles. The van der Waals surface area contributed by atoms with E-state index < -0.39 is 10.0 Å². The molecule has 1 aromatic carbocycles. The van der Waals surface area contributed by atoms with E-state index >= 15 is 0 Å². The van der Waals surface area contributed by atoms with Crippen LogP contribution in [0.1, 0.15) is 19.4 Å². The summed E-state index contributed by atoms with van der Waals surface area (Å²) < 4.78 is 26.1. The van der Waals surface area contributed by atoms with Gasteiger partial charge in [0.15, 0.2) is 5.96 Å². The SMILES string of the molecule is CC(C)NC(N)=NCCS(=O)(=O)NCc1ccccc1.I. The van der Waals surface area contributed by atoms with E-state index in [1.165, 1.54) is 0 Å². The van der Waals surface area contributed by atoms with Gasteiger partial charge in [0.25, 0.3) is 0 Å². The summed E-state index contributed by atoms with van der Waals surface area (Å²) in [5, 5.41) is 2.90. The van der Waals surface area contributed by atoms with Gasteiger partial charge in [0.05, 0.1) is 12.3 Å². The predicted molar refractivity (Wildman–Crippen MR) is 97.2 cm³/mol. The number of sulfonamides is 1. The second-order valence-electron chi connectivity index (χ2n) is 4.69. The molecule has 1 aromatic rings. The Hall–Kier alpha value is -0.870. The van der Waals surface area contributed by atoms with Crippen molar-refractivity contribution in [3.63, 3.8) is 0 Å². The topological polar surface area (TPSA) is 96.6 Å². The third-order valence-corrected chi connectivity index (χ3v) is 3.72. The normalized spacial score (nSPS) is 12.0. The average Bonchev–Trinajstić information content (AvgIpc) is 2.36. The minimum atomic E-state index is -3.34. The van der Waals surface area contributed by atoms with Gasteiger partial charge >= 0.3 is 0 Å². The highest BCUT2D eigenvalue weighted by atomic mass is 127. The van der Waals surface area contributed by atoms with Gasteiger partial charge in [-0.1, -0.05) is 30.3 Å². The molecule has 0 aromatic heterocycles. The Balaban J connectivity index is 0.00000400. The fourth-order valence-corrected chi connectivity index (χ4v) is 2.35. The smallest absolute Gasteiger partial charge is 0.213 e. The van der Waals surface area contributed by atoms with Gasteiger partial charge in [-0.05, 0) is 19.4 Å². The first-order valence-corrected chi connectivity index (χ1v) is 8.12. The Labute approximate surface area is 143 Å². The van der Waals surface area contributed by atoms with Crippen molar-refractivity contribution in [2.45, 2.75) is 26.4 Å². The molecular weight excluding hydrogens is 403 g/mol. The van der Waals surface area contributed by atoms with E-state index in [0.29, 0.717) is 0 Å². The van der Waals surface area contributed by atoms with Crippen molar-refractivity contribution in [1.82, 2.24) is 10.0 Å². The van der Waals surface area contributed by atoms with E-state index in [4.69, 9.17) is 5.73 Å². The number of aliphatic imine (C=N–C) groups is 1. The maximum atomic E-state index is 11.8. The summed E-state index contributed by atoms with van der Waals surface area (Å²) >= 11 is 0. The van der Waals surface area contributed by atoms with E-state index in [1.807, 2.05) is 44.2 Å². The molecule has 0 fully saturated rings. The summed E-state index contributed by atoms with van der Waals surface area (Å²) in [6.07, 6.45) is 0. The first-order valence-electron chi connectivity index (χ1n) is 6.47. The van der Waals surface area contributed by atoms with Crippen LogP contribution in [0, 0.1) is 0 Å². The van der Waals surface area contributed by atoms with Crippen molar-refractivity contribution >= 4 is 40.0 Å². The van der Waals surface area contributed by atoms with E-state index in [0.717, 1.165) is 5.56 Å². The number of hydrogen-bond donors (Lipinski definition) is 3. The van der Waals surface area contributed by atoms with Crippen LogP contribution in [-0.4, -0.2) is 32.7 Å². The quantitative estimate of drug-likeness (QED) is 0.345. The van der Waals surface area contributed by atoms with Crippen molar-refractivity contribution < 1.29 is 8.42 Å². The van der Waals surface area contributed by atoms with Crippen LogP contribution in [0.2, 0.25) is 0 Å². The van der Waals surface area contributed by atoms with Crippen molar-refractivity contribution in [2.75, 3.05) is 12.3 Å². The molecule has 0 bridgehead atoms. The van der Waals surface area contributed by atoms with Crippen LogP contribution in [0.25, 0.3) is 0 Å². The summed E-state index contributed by atoms with van der Waals surface area (Å²) in [6, 6.07) is 9.53. The predicted octanol–water partition coefficient (Wildman–Crippen LogP) is 1.04. The van der Waals surface area contributed by atoms with E-state index in [9.17, 15) is 8.42 Å². The zero-order valence-corrected chi connectivity index (χ0v) is 15.4. The van der Waals surface area contributed by atoms with Gasteiger partial charge in [-0.15, -0.1) is 24.0 Å². The van der Waals surface area contributed by atoms with Crippen LogP contribution in [0.15, 0.2) is 35.3 Å². The van der Waals surface area contributed by atoms with E-state index in [2.05, 4.69) is 15.0 Å². The lowest BCUT2D eigenvalue weighted by Gasteiger charge is -2.09. The van der Waals surface area contributed by atoms with E-state index in [1.54, 1.807) is 0 Å². The highest BCUT2D eigenvalue weighted by Crippen LogP contribution is 1.98. The summed E-state index contributed by atoms with van der Waals surface area (Å²) in [4.78, 5) is 3.97. The minimum Gasteiger partial charge on any atom is -0.370 e. The fourth-order valence-electron chi connectivity index (χ4n) is 1.49. The van der Waals surface area contributed by atoms with Crippen LogP contribution >= 0.6 is 24.0 Å². The van der Waals surface area contributed by atoms with Crippen molar-refractivity contribution in [3.8, 4) is 0 Å². The van der Waals surface area contributed by atoms with Crippen LogP contribution in [0.4, 0.5) is 0 Å². The van der Waals surface area contributed by atoms with Gasteiger partial charge in [-0.2, -0.15) is 0 Å². The summed E-state index contributed by atoms with van der Waals surface area (Å²) in [6.45, 7) is 4.28. The zero-order chi connectivity index (χ0) is 15.0. The maximum Gasteiger partial charge on any atom is 0.213 e. The number of hydrogen-bond acceptors (Lipinski definition) is 3. The van der Waals surface area contributed by atoms with Gasteiger partial charge in [0, 0.05) is 12.6 Å². The molecule has 8 heteroatoms. The van der Waals surface area contributed by atoms with Gasteiger partial charge in [0.2, 0.25) is 10.0 Å². The number of nitrogens with zero attached hydrogens (tertiary/aromatic N) is 1.